The van der Waals surface area contributed by atoms with Crippen LogP contribution in [0, 0.1) is 50.2 Å². The Labute approximate surface area is 392 Å². The monoisotopic (exact) mass is 959 g/mol. The van der Waals surface area contributed by atoms with Gasteiger partial charge in [-0.2, -0.15) is 0 Å². The second-order valence-corrected chi connectivity index (χ2v) is 23.3. The molecule has 3 heterocycles. The number of aliphatic hydroxyl groups is 12. The average molecular weight is 959 g/mol. The molecule has 8 aliphatic rings. The van der Waals surface area contributed by atoms with Crippen molar-refractivity contribution < 1.29 is 94.5 Å². The third kappa shape index (κ3) is 8.19. The van der Waals surface area contributed by atoms with Gasteiger partial charge in [0.25, 0.3) is 0 Å². The second-order valence-electron chi connectivity index (χ2n) is 23.3. The summed E-state index contributed by atoms with van der Waals surface area (Å²) in [5.74, 6) is -0.614. The molecule has 0 amide bonds. The van der Waals surface area contributed by atoms with Crippen molar-refractivity contribution in [3.63, 3.8) is 0 Å². The summed E-state index contributed by atoms with van der Waals surface area (Å²) in [7, 11) is 0. The molecule has 7 fully saturated rings. The van der Waals surface area contributed by atoms with E-state index in [0.29, 0.717) is 32.1 Å². The van der Waals surface area contributed by atoms with Gasteiger partial charge in [-0.05, 0) is 104 Å². The van der Waals surface area contributed by atoms with E-state index in [1.54, 1.807) is 0 Å². The minimum absolute atomic E-state index is 0.00115. The van der Waals surface area contributed by atoms with Crippen LogP contribution in [0.15, 0.2) is 11.6 Å². The molecule has 4 saturated carbocycles. The van der Waals surface area contributed by atoms with E-state index in [-0.39, 0.29) is 46.0 Å². The summed E-state index contributed by atoms with van der Waals surface area (Å²) >= 11 is 0. The fourth-order valence-electron chi connectivity index (χ4n) is 15.0. The van der Waals surface area contributed by atoms with Gasteiger partial charge in [0.1, 0.15) is 73.2 Å². The van der Waals surface area contributed by atoms with Crippen LogP contribution in [-0.2, 0) is 33.2 Å². The number of fused-ring (bicyclic) bond motifs is 7. The summed E-state index contributed by atoms with van der Waals surface area (Å²) < 4.78 is 35.3. The number of allylic oxidation sites excluding steroid dienone is 2. The number of esters is 1. The molecule has 8 rings (SSSR count). The fourth-order valence-corrected chi connectivity index (χ4v) is 15.0. The molecule has 24 atom stereocenters. The Hall–Kier alpha value is -1.47. The fraction of sp³-hybridized carbons (Fsp3) is 0.938. The number of hydrogen-bond donors (Lipinski definition) is 12. The Kier molecular flexibility index (Phi) is 14.4. The topological polar surface area (TPSA) is 315 Å². The lowest BCUT2D eigenvalue weighted by molar-refractivity contribution is -0.333. The number of rotatable bonds is 10. The predicted octanol–water partition coefficient (Wildman–Crippen LogP) is -0.887. The molecular formula is C48H78O19. The van der Waals surface area contributed by atoms with Crippen LogP contribution in [0.4, 0.5) is 0 Å². The first kappa shape index (κ1) is 51.9. The van der Waals surface area contributed by atoms with Gasteiger partial charge in [-0.1, -0.05) is 53.2 Å². The lowest BCUT2D eigenvalue weighted by Crippen LogP contribution is -2.67. The summed E-state index contributed by atoms with van der Waals surface area (Å²) in [5.41, 5.74) is -1.47. The van der Waals surface area contributed by atoms with Gasteiger partial charge in [-0.15, -0.1) is 0 Å². The Bertz CT molecular complexity index is 1810. The summed E-state index contributed by atoms with van der Waals surface area (Å²) in [4.78, 5) is 15.0. The highest BCUT2D eigenvalue weighted by Crippen LogP contribution is 2.76. The molecule has 384 valence electrons. The van der Waals surface area contributed by atoms with E-state index < -0.39 is 135 Å². The number of hydrogen-bond acceptors (Lipinski definition) is 19. The van der Waals surface area contributed by atoms with Crippen molar-refractivity contribution >= 4 is 5.97 Å². The SMILES string of the molecule is CC1(C)CCC2(C(=O)OC3OC(COC4OC(CO)C(O)C(O)C4O)C(O)C(O)C3O)CCC3(C)C(=CCC4C5(C)CCC(OC6OC(CO)C(O)C(O)C6O)C(C)(CO)C5CCC43C)C2C1. The smallest absolute Gasteiger partial charge is 0.315 e. The number of carbonyl (C=O) groups is 1. The van der Waals surface area contributed by atoms with Gasteiger partial charge in [0.15, 0.2) is 12.6 Å². The summed E-state index contributed by atoms with van der Waals surface area (Å²) in [6.07, 6.45) is -14.9. The Morgan fingerprint density at radius 1 is 0.627 bits per heavy atom. The lowest BCUT2D eigenvalue weighted by Gasteiger charge is -2.71. The molecule has 3 saturated heterocycles. The van der Waals surface area contributed by atoms with Gasteiger partial charge in [-0.3, -0.25) is 4.79 Å². The molecule has 24 unspecified atom stereocenters. The molecule has 0 radical (unpaired) electrons. The van der Waals surface area contributed by atoms with Crippen molar-refractivity contribution in [1.29, 1.82) is 0 Å². The molecular weight excluding hydrogens is 881 g/mol. The number of ether oxygens (including phenoxy) is 6. The highest BCUT2D eigenvalue weighted by atomic mass is 16.7. The number of carbonyl (C=O) groups excluding carboxylic acids is 1. The molecule has 0 bridgehead atoms. The number of aliphatic hydroxyl groups excluding tert-OH is 12. The van der Waals surface area contributed by atoms with Gasteiger partial charge in [0.2, 0.25) is 6.29 Å². The summed E-state index contributed by atoms with van der Waals surface area (Å²) in [6, 6.07) is 0. The zero-order valence-electron chi connectivity index (χ0n) is 39.7. The van der Waals surface area contributed by atoms with E-state index in [0.717, 1.165) is 32.1 Å². The van der Waals surface area contributed by atoms with E-state index in [9.17, 15) is 66.1 Å². The van der Waals surface area contributed by atoms with Gasteiger partial charge < -0.3 is 89.7 Å². The molecule has 0 aromatic rings. The van der Waals surface area contributed by atoms with Gasteiger partial charge in [0.05, 0.1) is 37.9 Å². The molecule has 67 heavy (non-hydrogen) atoms. The van der Waals surface area contributed by atoms with Crippen LogP contribution in [-0.4, -0.2) is 192 Å². The van der Waals surface area contributed by atoms with E-state index in [1.807, 2.05) is 6.92 Å². The van der Waals surface area contributed by atoms with Crippen molar-refractivity contribution in [3.05, 3.63) is 11.6 Å². The van der Waals surface area contributed by atoms with Crippen molar-refractivity contribution in [1.82, 2.24) is 0 Å². The maximum Gasteiger partial charge on any atom is 0.315 e. The van der Waals surface area contributed by atoms with Crippen molar-refractivity contribution in [3.8, 4) is 0 Å². The van der Waals surface area contributed by atoms with Crippen LogP contribution in [0.25, 0.3) is 0 Å². The van der Waals surface area contributed by atoms with E-state index in [2.05, 4.69) is 40.7 Å². The summed E-state index contributed by atoms with van der Waals surface area (Å²) in [5, 5.41) is 126. The third-order valence-electron chi connectivity index (χ3n) is 19.4. The van der Waals surface area contributed by atoms with Crippen LogP contribution in [0.1, 0.15) is 106 Å². The lowest BCUT2D eigenvalue weighted by atomic mass is 9.33. The van der Waals surface area contributed by atoms with Crippen LogP contribution in [0.5, 0.6) is 0 Å². The van der Waals surface area contributed by atoms with E-state index in [4.69, 9.17) is 28.4 Å². The maximum absolute atomic E-state index is 15.0. The third-order valence-corrected chi connectivity index (χ3v) is 19.4. The molecule has 5 aliphatic carbocycles. The highest BCUT2D eigenvalue weighted by Gasteiger charge is 2.70. The standard InChI is InChI=1S/C48H78O19/c1-43(2)13-15-48(42(61)67-41-38(60)35(57)32(54)26(65-41)20-62-39-36(58)33(55)30(52)24(18-49)63-39)16-14-46(5)22(23(48)17-43)7-8-28-44(3)11-10-29(45(4,21-51)27(44)9-12-47(28,46)6)66-40-37(59)34(56)31(53)25(19-50)64-40/h7,23-41,49-60H,8-21H2,1-6H3. The minimum Gasteiger partial charge on any atom is -0.432 e. The zero-order valence-corrected chi connectivity index (χ0v) is 39.7. The van der Waals surface area contributed by atoms with Gasteiger partial charge in [0, 0.05) is 5.41 Å². The molecule has 0 aromatic heterocycles. The quantitative estimate of drug-likeness (QED) is 0.0718. The Morgan fingerprint density at radius 3 is 1.79 bits per heavy atom. The Balaban J connectivity index is 1.02. The van der Waals surface area contributed by atoms with Crippen LogP contribution >= 0.6 is 0 Å². The van der Waals surface area contributed by atoms with Gasteiger partial charge >= 0.3 is 5.97 Å². The molecule has 19 nitrogen and oxygen atoms in total. The highest BCUT2D eigenvalue weighted by molar-refractivity contribution is 5.79. The van der Waals surface area contributed by atoms with Crippen molar-refractivity contribution in [2.75, 3.05) is 26.4 Å². The minimum atomic E-state index is -1.82. The molecule has 19 heteroatoms. The molecule has 12 N–H and O–H groups in total. The first-order chi connectivity index (χ1) is 31.4. The molecule has 0 aromatic carbocycles. The summed E-state index contributed by atoms with van der Waals surface area (Å²) in [6.45, 7) is 11.5. The normalized spacial score (nSPS) is 54.1. The van der Waals surface area contributed by atoms with Crippen molar-refractivity contribution in [2.45, 2.75) is 204 Å². The Morgan fingerprint density at radius 2 is 1.18 bits per heavy atom. The first-order valence-corrected chi connectivity index (χ1v) is 24.5. The van der Waals surface area contributed by atoms with Gasteiger partial charge in [-0.25, -0.2) is 0 Å². The maximum atomic E-state index is 15.0. The average Bonchev–Trinajstić information content (AvgIpc) is 3.29. The van der Waals surface area contributed by atoms with E-state index in [1.165, 1.54) is 5.57 Å². The second kappa shape index (κ2) is 18.5. The predicted molar refractivity (Wildman–Crippen MR) is 232 cm³/mol. The first-order valence-electron chi connectivity index (χ1n) is 24.5. The van der Waals surface area contributed by atoms with Crippen LogP contribution in [0.2, 0.25) is 0 Å². The zero-order chi connectivity index (χ0) is 49.0. The van der Waals surface area contributed by atoms with Crippen LogP contribution in [0.3, 0.4) is 0 Å². The van der Waals surface area contributed by atoms with Crippen molar-refractivity contribution in [2.24, 2.45) is 50.2 Å². The largest absolute Gasteiger partial charge is 0.432 e. The molecule has 3 aliphatic heterocycles. The molecule has 0 spiro atoms. The van der Waals surface area contributed by atoms with E-state index >= 15 is 0 Å². The van der Waals surface area contributed by atoms with Crippen LogP contribution < -0.4 is 0 Å².